The number of benzene rings is 1. The monoisotopic (exact) mass is 309 g/mol. The van der Waals surface area contributed by atoms with E-state index in [-0.39, 0.29) is 11.4 Å². The predicted octanol–water partition coefficient (Wildman–Crippen LogP) is 2.73. The lowest BCUT2D eigenvalue weighted by atomic mass is 10.3. The number of halogens is 1. The summed E-state index contributed by atoms with van der Waals surface area (Å²) in [5.74, 6) is 0. The van der Waals surface area contributed by atoms with Crippen molar-refractivity contribution in [3.05, 3.63) is 62.5 Å². The minimum absolute atomic E-state index is 0.148. The maximum absolute atomic E-state index is 11.2. The summed E-state index contributed by atoms with van der Waals surface area (Å²) in [5, 5.41) is 24.8. The van der Waals surface area contributed by atoms with E-state index in [2.05, 4.69) is 21.2 Å². The molecule has 18 heavy (non-hydrogen) atoms. The number of hydrogen-bond donors (Lipinski definition) is 1. The van der Waals surface area contributed by atoms with Gasteiger partial charge in [-0.3, -0.25) is 10.1 Å². The number of aromatic nitrogens is 1. The van der Waals surface area contributed by atoms with Crippen molar-refractivity contribution in [1.82, 2.24) is 0 Å². The highest BCUT2D eigenvalue weighted by Gasteiger charge is 2.17. The van der Waals surface area contributed by atoms with Gasteiger partial charge >= 0.3 is 5.69 Å². The number of rotatable bonds is 3. The number of nitrogens with one attached hydrogen (secondary N) is 1. The van der Waals surface area contributed by atoms with Crippen molar-refractivity contribution in [2.24, 2.45) is 0 Å². The lowest BCUT2D eigenvalue weighted by Crippen LogP contribution is -2.25. The molecule has 1 heterocycles. The van der Waals surface area contributed by atoms with Crippen molar-refractivity contribution >= 4 is 33.0 Å². The first-order valence-corrected chi connectivity index (χ1v) is 5.75. The van der Waals surface area contributed by atoms with Gasteiger partial charge in [-0.15, -0.1) is 0 Å². The van der Waals surface area contributed by atoms with Crippen LogP contribution in [-0.4, -0.2) is 4.92 Å². The van der Waals surface area contributed by atoms with Gasteiger partial charge in [0.25, 0.3) is 0 Å². The molecule has 2 aromatic rings. The standard InChI is InChI=1S/C11H8BrN3O3/c12-8-1-3-9(4-2-8)13-10-7-14(16)6-5-11(10)15(17)18/h1-7,13H. The van der Waals surface area contributed by atoms with Crippen molar-refractivity contribution in [1.29, 1.82) is 0 Å². The van der Waals surface area contributed by atoms with Crippen LogP contribution in [0, 0.1) is 15.3 Å². The minimum atomic E-state index is -0.540. The lowest BCUT2D eigenvalue weighted by Gasteiger charge is -2.06. The van der Waals surface area contributed by atoms with E-state index < -0.39 is 4.92 Å². The summed E-state index contributed by atoms with van der Waals surface area (Å²) in [7, 11) is 0. The third-order valence-electron chi connectivity index (χ3n) is 2.23. The summed E-state index contributed by atoms with van der Waals surface area (Å²) < 4.78 is 1.41. The van der Waals surface area contributed by atoms with E-state index >= 15 is 0 Å². The van der Waals surface area contributed by atoms with Gasteiger partial charge < -0.3 is 10.5 Å². The number of anilines is 2. The molecular weight excluding hydrogens is 302 g/mol. The number of nitro groups is 1. The van der Waals surface area contributed by atoms with E-state index in [1.807, 2.05) is 0 Å². The van der Waals surface area contributed by atoms with Gasteiger partial charge in [-0.25, -0.2) is 0 Å². The Morgan fingerprint density at radius 1 is 1.22 bits per heavy atom. The first-order chi connectivity index (χ1) is 8.56. The summed E-state index contributed by atoms with van der Waals surface area (Å²) in [6.45, 7) is 0. The topological polar surface area (TPSA) is 82.1 Å². The normalized spacial score (nSPS) is 10.1. The van der Waals surface area contributed by atoms with Crippen molar-refractivity contribution in [3.63, 3.8) is 0 Å². The minimum Gasteiger partial charge on any atom is -0.619 e. The molecule has 0 aliphatic rings. The van der Waals surface area contributed by atoms with E-state index in [1.165, 1.54) is 0 Å². The number of pyridine rings is 1. The summed E-state index contributed by atoms with van der Waals surface area (Å²) in [4.78, 5) is 10.3. The maximum atomic E-state index is 11.2. The van der Waals surface area contributed by atoms with Crippen LogP contribution in [0.25, 0.3) is 0 Å². The van der Waals surface area contributed by atoms with Crippen LogP contribution in [-0.2, 0) is 0 Å². The molecule has 7 heteroatoms. The molecule has 0 atom stereocenters. The highest BCUT2D eigenvalue weighted by molar-refractivity contribution is 9.10. The van der Waals surface area contributed by atoms with Crippen LogP contribution in [0.5, 0.6) is 0 Å². The first-order valence-electron chi connectivity index (χ1n) is 4.96. The van der Waals surface area contributed by atoms with E-state index in [1.54, 1.807) is 24.3 Å². The molecule has 6 nitrogen and oxygen atoms in total. The zero-order valence-electron chi connectivity index (χ0n) is 9.04. The summed E-state index contributed by atoms with van der Waals surface area (Å²) in [6, 6.07) is 8.24. The van der Waals surface area contributed by atoms with E-state index in [0.29, 0.717) is 10.4 Å². The maximum Gasteiger partial charge on any atom is 0.304 e. The molecule has 0 aliphatic heterocycles. The Morgan fingerprint density at radius 3 is 2.50 bits per heavy atom. The van der Waals surface area contributed by atoms with Gasteiger partial charge in [0, 0.05) is 10.2 Å². The zero-order chi connectivity index (χ0) is 13.1. The lowest BCUT2D eigenvalue weighted by molar-refractivity contribution is -0.605. The Bertz CT molecular complexity index is 587. The Balaban J connectivity index is 2.35. The van der Waals surface area contributed by atoms with Crippen LogP contribution in [0.4, 0.5) is 17.1 Å². The molecule has 0 unspecified atom stereocenters. The third kappa shape index (κ3) is 2.75. The average Bonchev–Trinajstić information content (AvgIpc) is 2.32. The van der Waals surface area contributed by atoms with E-state index in [9.17, 15) is 15.3 Å². The fourth-order valence-electron chi connectivity index (χ4n) is 1.41. The van der Waals surface area contributed by atoms with Gasteiger partial charge in [0.1, 0.15) is 0 Å². The van der Waals surface area contributed by atoms with Crippen molar-refractivity contribution < 1.29 is 9.65 Å². The molecule has 0 aliphatic carbocycles. The molecule has 1 N–H and O–H groups in total. The molecular formula is C11H8BrN3O3. The van der Waals surface area contributed by atoms with Crippen LogP contribution in [0.2, 0.25) is 0 Å². The van der Waals surface area contributed by atoms with Crippen molar-refractivity contribution in [3.8, 4) is 0 Å². The molecule has 0 fully saturated rings. The number of nitrogens with zero attached hydrogens (tertiary/aromatic N) is 2. The molecule has 0 bridgehead atoms. The van der Waals surface area contributed by atoms with Gasteiger partial charge in [-0.05, 0) is 24.3 Å². The second-order valence-corrected chi connectivity index (χ2v) is 4.41. The molecule has 92 valence electrons. The van der Waals surface area contributed by atoms with Gasteiger partial charge in [0.05, 0.1) is 11.0 Å². The Morgan fingerprint density at radius 2 is 1.89 bits per heavy atom. The van der Waals surface area contributed by atoms with Gasteiger partial charge in [-0.2, -0.15) is 4.73 Å². The molecule has 1 aromatic carbocycles. The Kier molecular flexibility index (Phi) is 3.42. The second kappa shape index (κ2) is 5.01. The molecule has 0 saturated carbocycles. The molecule has 0 amide bonds. The van der Waals surface area contributed by atoms with Gasteiger partial charge in [0.15, 0.2) is 11.9 Å². The second-order valence-electron chi connectivity index (χ2n) is 3.49. The average molecular weight is 310 g/mol. The highest BCUT2D eigenvalue weighted by atomic mass is 79.9. The molecule has 0 radical (unpaired) electrons. The SMILES string of the molecule is O=[N+]([O-])c1cc[n+]([O-])cc1Nc1ccc(Br)cc1. The van der Waals surface area contributed by atoms with E-state index in [0.717, 1.165) is 22.9 Å². The highest BCUT2D eigenvalue weighted by Crippen LogP contribution is 2.26. The first kappa shape index (κ1) is 12.3. The number of hydrogen-bond acceptors (Lipinski definition) is 4. The fraction of sp³-hybridized carbons (Fsp3) is 0. The third-order valence-corrected chi connectivity index (χ3v) is 2.76. The molecule has 0 saturated heterocycles. The predicted molar refractivity (Wildman–Crippen MR) is 69.5 cm³/mol. The summed E-state index contributed by atoms with van der Waals surface area (Å²) in [5.41, 5.74) is 0.664. The zero-order valence-corrected chi connectivity index (χ0v) is 10.6. The Labute approximate surface area is 111 Å². The van der Waals surface area contributed by atoms with Gasteiger partial charge in [0.2, 0.25) is 6.20 Å². The molecule has 2 rings (SSSR count). The van der Waals surface area contributed by atoms with Crippen LogP contribution >= 0.6 is 15.9 Å². The largest absolute Gasteiger partial charge is 0.619 e. The van der Waals surface area contributed by atoms with Crippen LogP contribution in [0.3, 0.4) is 0 Å². The summed E-state index contributed by atoms with van der Waals surface area (Å²) >= 11 is 3.29. The van der Waals surface area contributed by atoms with Crippen molar-refractivity contribution in [2.75, 3.05) is 5.32 Å². The smallest absolute Gasteiger partial charge is 0.304 e. The molecule has 0 spiro atoms. The van der Waals surface area contributed by atoms with Gasteiger partial charge in [-0.1, -0.05) is 15.9 Å². The van der Waals surface area contributed by atoms with Crippen LogP contribution in [0.1, 0.15) is 0 Å². The fourth-order valence-corrected chi connectivity index (χ4v) is 1.68. The van der Waals surface area contributed by atoms with Crippen LogP contribution < -0.4 is 10.0 Å². The van der Waals surface area contributed by atoms with Crippen molar-refractivity contribution in [2.45, 2.75) is 0 Å². The Hall–Kier alpha value is -2.15. The quantitative estimate of drug-likeness (QED) is 0.409. The van der Waals surface area contributed by atoms with Crippen LogP contribution in [0.15, 0.2) is 47.2 Å². The summed E-state index contributed by atoms with van der Waals surface area (Å²) in [6.07, 6.45) is 2.21. The molecule has 1 aromatic heterocycles. The van der Waals surface area contributed by atoms with E-state index in [4.69, 9.17) is 0 Å².